The van der Waals surface area contributed by atoms with Crippen LogP contribution in [0.3, 0.4) is 0 Å². The third kappa shape index (κ3) is 4.00. The Balaban J connectivity index is 1.74. The number of halogens is 1. The van der Waals surface area contributed by atoms with Gasteiger partial charge in [0.25, 0.3) is 5.91 Å². The number of nitrogens with zero attached hydrogens (tertiary/aromatic N) is 1. The first-order chi connectivity index (χ1) is 12.5. The lowest BCUT2D eigenvalue weighted by Crippen LogP contribution is -2.30. The Morgan fingerprint density at radius 3 is 2.62 bits per heavy atom. The summed E-state index contributed by atoms with van der Waals surface area (Å²) in [5, 5.41) is 3.79. The summed E-state index contributed by atoms with van der Waals surface area (Å²) in [6.07, 6.45) is -0.704. The Kier molecular flexibility index (Phi) is 5.49. The second kappa shape index (κ2) is 7.80. The number of ether oxygens (including phenoxy) is 3. The molecule has 26 heavy (non-hydrogen) atoms. The first kappa shape index (κ1) is 18.3. The number of benzene rings is 2. The number of aromatic nitrogens is 1. The van der Waals surface area contributed by atoms with Gasteiger partial charge in [0.1, 0.15) is 5.75 Å². The van der Waals surface area contributed by atoms with Crippen LogP contribution in [-0.4, -0.2) is 31.2 Å². The molecule has 8 heteroatoms. The zero-order valence-corrected chi connectivity index (χ0v) is 16.0. The van der Waals surface area contributed by atoms with Gasteiger partial charge in [0.05, 0.1) is 24.4 Å². The average Bonchev–Trinajstić information content (AvgIpc) is 3.01. The predicted molar refractivity (Wildman–Crippen MR) is 103 cm³/mol. The molecule has 1 N–H and O–H groups in total. The van der Waals surface area contributed by atoms with Gasteiger partial charge in [-0.2, -0.15) is 0 Å². The first-order valence-corrected chi connectivity index (χ1v) is 8.95. The Morgan fingerprint density at radius 1 is 1.19 bits per heavy atom. The van der Waals surface area contributed by atoms with Gasteiger partial charge in [-0.3, -0.25) is 10.1 Å². The van der Waals surface area contributed by atoms with Crippen molar-refractivity contribution in [1.29, 1.82) is 0 Å². The standard InChI is InChI=1S/C18H17ClN2O4S/c1-10(25-12-6-4-5-11(19)7-12)17(22)21-18-20-13-8-14(23-2)15(24-3)9-16(13)26-18/h4-10H,1-3H3,(H,20,21,22)/t10-/m1/s1. The predicted octanol–water partition coefficient (Wildman–Crippen LogP) is 4.37. The van der Waals surface area contributed by atoms with Gasteiger partial charge >= 0.3 is 0 Å². The highest BCUT2D eigenvalue weighted by molar-refractivity contribution is 7.22. The van der Waals surface area contributed by atoms with Crippen LogP contribution in [0.1, 0.15) is 6.92 Å². The summed E-state index contributed by atoms with van der Waals surface area (Å²) in [6.45, 7) is 1.66. The van der Waals surface area contributed by atoms with E-state index in [0.717, 1.165) is 4.70 Å². The minimum atomic E-state index is -0.704. The molecule has 0 aliphatic carbocycles. The van der Waals surface area contributed by atoms with Crippen LogP contribution in [0, 0.1) is 0 Å². The summed E-state index contributed by atoms with van der Waals surface area (Å²) < 4.78 is 17.0. The van der Waals surface area contributed by atoms with E-state index in [1.54, 1.807) is 51.5 Å². The van der Waals surface area contributed by atoms with Crippen molar-refractivity contribution in [3.05, 3.63) is 41.4 Å². The molecule has 0 aliphatic rings. The molecule has 136 valence electrons. The molecule has 0 radical (unpaired) electrons. The Bertz CT molecular complexity index is 903. The fourth-order valence-corrected chi connectivity index (χ4v) is 3.37. The summed E-state index contributed by atoms with van der Waals surface area (Å²) in [6, 6.07) is 10.5. The maximum Gasteiger partial charge on any atom is 0.266 e. The lowest BCUT2D eigenvalue weighted by atomic mass is 10.3. The van der Waals surface area contributed by atoms with E-state index in [0.29, 0.717) is 32.9 Å². The monoisotopic (exact) mass is 392 g/mol. The number of methoxy groups -OCH3 is 2. The fraction of sp³-hybridized carbons (Fsp3) is 0.222. The largest absolute Gasteiger partial charge is 0.493 e. The van der Waals surface area contributed by atoms with E-state index in [4.69, 9.17) is 25.8 Å². The van der Waals surface area contributed by atoms with Gasteiger partial charge in [-0.1, -0.05) is 29.0 Å². The van der Waals surface area contributed by atoms with Crippen molar-refractivity contribution >= 4 is 44.2 Å². The number of hydrogen-bond acceptors (Lipinski definition) is 6. The molecule has 1 amide bonds. The fourth-order valence-electron chi connectivity index (χ4n) is 2.31. The van der Waals surface area contributed by atoms with Crippen molar-refractivity contribution in [2.45, 2.75) is 13.0 Å². The highest BCUT2D eigenvalue weighted by Gasteiger charge is 2.18. The van der Waals surface area contributed by atoms with Crippen molar-refractivity contribution in [1.82, 2.24) is 4.98 Å². The molecule has 3 rings (SSSR count). The van der Waals surface area contributed by atoms with Crippen molar-refractivity contribution in [3.8, 4) is 17.2 Å². The number of fused-ring (bicyclic) bond motifs is 1. The summed E-state index contributed by atoms with van der Waals surface area (Å²) >= 11 is 7.27. The van der Waals surface area contributed by atoms with Crippen LogP contribution in [0.25, 0.3) is 10.2 Å². The summed E-state index contributed by atoms with van der Waals surface area (Å²) in [5.74, 6) is 1.42. The molecule has 0 spiro atoms. The molecule has 3 aromatic rings. The van der Waals surface area contributed by atoms with Crippen LogP contribution in [0.2, 0.25) is 5.02 Å². The molecular formula is C18H17ClN2O4S. The Labute approximate surface area is 159 Å². The van der Waals surface area contributed by atoms with Gasteiger partial charge in [-0.25, -0.2) is 4.98 Å². The molecule has 1 heterocycles. The molecule has 1 aromatic heterocycles. The quantitative estimate of drug-likeness (QED) is 0.674. The topological polar surface area (TPSA) is 69.7 Å². The summed E-state index contributed by atoms with van der Waals surface area (Å²) in [4.78, 5) is 16.8. The molecule has 0 bridgehead atoms. The van der Waals surface area contributed by atoms with E-state index in [2.05, 4.69) is 10.3 Å². The van der Waals surface area contributed by atoms with E-state index in [-0.39, 0.29) is 5.91 Å². The zero-order valence-electron chi connectivity index (χ0n) is 14.4. The van der Waals surface area contributed by atoms with Gasteiger partial charge in [-0.05, 0) is 25.1 Å². The molecule has 6 nitrogen and oxygen atoms in total. The molecule has 0 unspecified atom stereocenters. The number of carbonyl (C=O) groups excluding carboxylic acids is 1. The lowest BCUT2D eigenvalue weighted by molar-refractivity contribution is -0.122. The summed E-state index contributed by atoms with van der Waals surface area (Å²) in [7, 11) is 3.13. The molecule has 1 atom stereocenters. The van der Waals surface area contributed by atoms with Crippen LogP contribution >= 0.6 is 22.9 Å². The highest BCUT2D eigenvalue weighted by atomic mass is 35.5. The third-order valence-electron chi connectivity index (χ3n) is 3.60. The average molecular weight is 393 g/mol. The number of rotatable bonds is 6. The van der Waals surface area contributed by atoms with E-state index >= 15 is 0 Å². The molecule has 0 saturated carbocycles. The van der Waals surface area contributed by atoms with Crippen LogP contribution < -0.4 is 19.5 Å². The van der Waals surface area contributed by atoms with Crippen molar-refractivity contribution in [2.75, 3.05) is 19.5 Å². The van der Waals surface area contributed by atoms with Gasteiger partial charge in [0.15, 0.2) is 22.7 Å². The molecular weight excluding hydrogens is 376 g/mol. The minimum absolute atomic E-state index is 0.303. The van der Waals surface area contributed by atoms with Gasteiger partial charge in [-0.15, -0.1) is 0 Å². The molecule has 0 saturated heterocycles. The third-order valence-corrected chi connectivity index (χ3v) is 4.77. The number of nitrogens with one attached hydrogen (secondary N) is 1. The van der Waals surface area contributed by atoms with Crippen molar-refractivity contribution in [3.63, 3.8) is 0 Å². The van der Waals surface area contributed by atoms with E-state index < -0.39 is 6.10 Å². The van der Waals surface area contributed by atoms with Gasteiger partial charge in [0.2, 0.25) is 0 Å². The molecule has 0 fully saturated rings. The number of thiazole rings is 1. The second-order valence-corrected chi connectivity index (χ2v) is 6.87. The van der Waals surface area contributed by atoms with Gasteiger partial charge in [0, 0.05) is 17.2 Å². The maximum atomic E-state index is 12.4. The molecule has 0 aliphatic heterocycles. The molecule has 2 aromatic carbocycles. The van der Waals surface area contributed by atoms with Crippen LogP contribution in [0.15, 0.2) is 36.4 Å². The minimum Gasteiger partial charge on any atom is -0.493 e. The van der Waals surface area contributed by atoms with Crippen molar-refractivity contribution in [2.24, 2.45) is 0 Å². The zero-order chi connectivity index (χ0) is 18.7. The lowest BCUT2D eigenvalue weighted by Gasteiger charge is -2.13. The summed E-state index contributed by atoms with van der Waals surface area (Å²) in [5.41, 5.74) is 0.714. The van der Waals surface area contributed by atoms with E-state index in [1.807, 2.05) is 6.07 Å². The van der Waals surface area contributed by atoms with E-state index in [9.17, 15) is 4.79 Å². The van der Waals surface area contributed by atoms with E-state index in [1.165, 1.54) is 11.3 Å². The SMILES string of the molecule is COc1cc2nc(NC(=O)[C@@H](C)Oc3cccc(Cl)c3)sc2cc1OC. The Morgan fingerprint density at radius 2 is 1.92 bits per heavy atom. The van der Waals surface area contributed by atoms with Crippen molar-refractivity contribution < 1.29 is 19.0 Å². The smallest absolute Gasteiger partial charge is 0.266 e. The maximum absolute atomic E-state index is 12.4. The number of carbonyl (C=O) groups is 1. The normalized spacial score (nSPS) is 11.8. The first-order valence-electron chi connectivity index (χ1n) is 7.76. The van der Waals surface area contributed by atoms with Crippen LogP contribution in [0.5, 0.6) is 17.2 Å². The Hall–Kier alpha value is -2.51. The van der Waals surface area contributed by atoms with Gasteiger partial charge < -0.3 is 14.2 Å². The van der Waals surface area contributed by atoms with Crippen LogP contribution in [-0.2, 0) is 4.79 Å². The number of anilines is 1. The number of hydrogen-bond donors (Lipinski definition) is 1. The number of amides is 1. The second-order valence-electron chi connectivity index (χ2n) is 5.40. The van der Waals surface area contributed by atoms with Crippen LogP contribution in [0.4, 0.5) is 5.13 Å². The highest BCUT2D eigenvalue weighted by Crippen LogP contribution is 2.36.